The van der Waals surface area contributed by atoms with Gasteiger partial charge in [0.25, 0.3) is 0 Å². The first-order valence-corrected chi connectivity index (χ1v) is 3.83. The Morgan fingerprint density at radius 3 is 3.10 bits per heavy atom. The molecule has 2 nitrogen and oxygen atoms in total. The van der Waals surface area contributed by atoms with Crippen LogP contribution in [-0.4, -0.2) is 31.1 Å². The first-order valence-electron chi connectivity index (χ1n) is 3.83. The van der Waals surface area contributed by atoms with Gasteiger partial charge in [0.2, 0.25) is 0 Å². The van der Waals surface area contributed by atoms with E-state index in [0.717, 1.165) is 13.1 Å². The van der Waals surface area contributed by atoms with Crippen molar-refractivity contribution >= 4 is 0 Å². The van der Waals surface area contributed by atoms with Crippen LogP contribution in [0.15, 0.2) is 11.8 Å². The van der Waals surface area contributed by atoms with Gasteiger partial charge in [-0.1, -0.05) is 0 Å². The highest BCUT2D eigenvalue weighted by atomic mass is 15.1. The standard InChI is InChI=1S/C8H16N2/c1-7-6-8(2)10(3)5-4-9-7/h6-7,9H,4-5H2,1-3H3. The largest absolute Gasteiger partial charge is 0.377 e. The SMILES string of the molecule is CC1=CC(C)NCCN1C. The maximum atomic E-state index is 3.39. The molecule has 0 spiro atoms. The molecule has 1 N–H and O–H groups in total. The molecule has 0 radical (unpaired) electrons. The third-order valence-corrected chi connectivity index (χ3v) is 2.01. The smallest absolute Gasteiger partial charge is 0.0297 e. The molecule has 1 aliphatic rings. The number of nitrogens with one attached hydrogen (secondary N) is 1. The second kappa shape index (κ2) is 3.06. The van der Waals surface area contributed by atoms with Gasteiger partial charge in [0.15, 0.2) is 0 Å². The highest BCUT2D eigenvalue weighted by molar-refractivity contribution is 5.03. The van der Waals surface area contributed by atoms with E-state index in [1.807, 2.05) is 0 Å². The summed E-state index contributed by atoms with van der Waals surface area (Å²) in [4.78, 5) is 2.27. The summed E-state index contributed by atoms with van der Waals surface area (Å²) in [5.74, 6) is 0. The molecular formula is C8H16N2. The Balaban J connectivity index is 2.61. The number of nitrogens with zero attached hydrogens (tertiary/aromatic N) is 1. The average molecular weight is 140 g/mol. The third kappa shape index (κ3) is 1.74. The van der Waals surface area contributed by atoms with E-state index >= 15 is 0 Å². The summed E-state index contributed by atoms with van der Waals surface area (Å²) >= 11 is 0. The van der Waals surface area contributed by atoms with Gasteiger partial charge >= 0.3 is 0 Å². The molecule has 0 saturated heterocycles. The van der Waals surface area contributed by atoms with Crippen molar-refractivity contribution in [3.8, 4) is 0 Å². The molecule has 0 aromatic carbocycles. The zero-order chi connectivity index (χ0) is 7.56. The highest BCUT2D eigenvalue weighted by Gasteiger charge is 2.06. The van der Waals surface area contributed by atoms with Crippen molar-refractivity contribution in [1.29, 1.82) is 0 Å². The summed E-state index contributed by atoms with van der Waals surface area (Å²) in [7, 11) is 2.13. The first kappa shape index (κ1) is 7.61. The minimum Gasteiger partial charge on any atom is -0.377 e. The molecule has 0 amide bonds. The van der Waals surface area contributed by atoms with Crippen LogP contribution in [0.1, 0.15) is 13.8 Å². The van der Waals surface area contributed by atoms with Gasteiger partial charge in [0.05, 0.1) is 0 Å². The number of rotatable bonds is 0. The molecule has 0 fully saturated rings. The monoisotopic (exact) mass is 140 g/mol. The highest BCUT2D eigenvalue weighted by Crippen LogP contribution is 2.03. The minimum absolute atomic E-state index is 0.532. The quantitative estimate of drug-likeness (QED) is 0.536. The van der Waals surface area contributed by atoms with Crippen molar-refractivity contribution in [2.45, 2.75) is 19.9 Å². The molecule has 1 aliphatic heterocycles. The second-order valence-electron chi connectivity index (χ2n) is 2.97. The van der Waals surface area contributed by atoms with Crippen LogP contribution < -0.4 is 5.32 Å². The summed E-state index contributed by atoms with van der Waals surface area (Å²) < 4.78 is 0. The predicted octanol–water partition coefficient (Wildman–Crippen LogP) is 0.814. The molecule has 2 heteroatoms. The number of allylic oxidation sites excluding steroid dienone is 1. The van der Waals surface area contributed by atoms with E-state index in [2.05, 4.69) is 37.2 Å². The van der Waals surface area contributed by atoms with E-state index in [4.69, 9.17) is 0 Å². The fraction of sp³-hybridized carbons (Fsp3) is 0.750. The van der Waals surface area contributed by atoms with E-state index in [1.54, 1.807) is 0 Å². The van der Waals surface area contributed by atoms with Gasteiger partial charge in [-0.25, -0.2) is 0 Å². The second-order valence-corrected chi connectivity index (χ2v) is 2.97. The van der Waals surface area contributed by atoms with Gasteiger partial charge in [-0.15, -0.1) is 0 Å². The molecule has 0 saturated carbocycles. The van der Waals surface area contributed by atoms with E-state index in [1.165, 1.54) is 5.70 Å². The fourth-order valence-corrected chi connectivity index (χ4v) is 1.18. The minimum atomic E-state index is 0.532. The van der Waals surface area contributed by atoms with Gasteiger partial charge in [0.1, 0.15) is 0 Å². The molecular weight excluding hydrogens is 124 g/mol. The Morgan fingerprint density at radius 2 is 2.40 bits per heavy atom. The summed E-state index contributed by atoms with van der Waals surface area (Å²) in [6, 6.07) is 0.532. The van der Waals surface area contributed by atoms with Gasteiger partial charge in [-0.05, 0) is 19.9 Å². The molecule has 10 heavy (non-hydrogen) atoms. The molecule has 1 atom stereocenters. The van der Waals surface area contributed by atoms with Crippen LogP contribution in [0.4, 0.5) is 0 Å². The van der Waals surface area contributed by atoms with Crippen molar-refractivity contribution in [2.24, 2.45) is 0 Å². The zero-order valence-corrected chi connectivity index (χ0v) is 7.02. The first-order chi connectivity index (χ1) is 4.70. The topological polar surface area (TPSA) is 15.3 Å². The van der Waals surface area contributed by atoms with Gasteiger partial charge < -0.3 is 10.2 Å². The normalized spacial score (nSPS) is 27.7. The number of hydrogen-bond acceptors (Lipinski definition) is 2. The number of hydrogen-bond donors (Lipinski definition) is 1. The molecule has 58 valence electrons. The maximum absolute atomic E-state index is 3.39. The van der Waals surface area contributed by atoms with Crippen LogP contribution in [0, 0.1) is 0 Å². The lowest BCUT2D eigenvalue weighted by atomic mass is 10.3. The lowest BCUT2D eigenvalue weighted by Gasteiger charge is -2.16. The van der Waals surface area contributed by atoms with Crippen LogP contribution in [0.25, 0.3) is 0 Å². The Kier molecular flexibility index (Phi) is 2.33. The Bertz CT molecular complexity index is 140. The van der Waals surface area contributed by atoms with Crippen molar-refractivity contribution in [3.05, 3.63) is 11.8 Å². The molecule has 1 heterocycles. The third-order valence-electron chi connectivity index (χ3n) is 2.01. The van der Waals surface area contributed by atoms with Crippen LogP contribution in [0.5, 0.6) is 0 Å². The summed E-state index contributed by atoms with van der Waals surface area (Å²) in [6.07, 6.45) is 2.26. The summed E-state index contributed by atoms with van der Waals surface area (Å²) in [6.45, 7) is 6.55. The van der Waals surface area contributed by atoms with Crippen LogP contribution in [0.3, 0.4) is 0 Å². The van der Waals surface area contributed by atoms with Crippen molar-refractivity contribution in [3.63, 3.8) is 0 Å². The van der Waals surface area contributed by atoms with E-state index in [-0.39, 0.29) is 0 Å². The van der Waals surface area contributed by atoms with E-state index < -0.39 is 0 Å². The molecule has 0 aromatic heterocycles. The molecule has 0 aliphatic carbocycles. The Morgan fingerprint density at radius 1 is 1.70 bits per heavy atom. The summed E-state index contributed by atoms with van der Waals surface area (Å²) in [5.41, 5.74) is 1.37. The fourth-order valence-electron chi connectivity index (χ4n) is 1.18. The van der Waals surface area contributed by atoms with Crippen molar-refractivity contribution in [2.75, 3.05) is 20.1 Å². The van der Waals surface area contributed by atoms with Gasteiger partial charge in [-0.3, -0.25) is 0 Å². The van der Waals surface area contributed by atoms with Gasteiger partial charge in [-0.2, -0.15) is 0 Å². The Labute approximate surface area is 62.9 Å². The van der Waals surface area contributed by atoms with Crippen LogP contribution in [-0.2, 0) is 0 Å². The van der Waals surface area contributed by atoms with Crippen LogP contribution >= 0.6 is 0 Å². The van der Waals surface area contributed by atoms with E-state index in [9.17, 15) is 0 Å². The lowest BCUT2D eigenvalue weighted by molar-refractivity contribution is 0.423. The summed E-state index contributed by atoms with van der Waals surface area (Å²) in [5, 5.41) is 3.39. The number of likely N-dealkylation sites (N-methyl/N-ethyl adjacent to an activating group) is 1. The predicted molar refractivity (Wildman–Crippen MR) is 43.9 cm³/mol. The van der Waals surface area contributed by atoms with Gasteiger partial charge in [0, 0.05) is 31.9 Å². The molecule has 0 bridgehead atoms. The van der Waals surface area contributed by atoms with Crippen molar-refractivity contribution in [1.82, 2.24) is 10.2 Å². The zero-order valence-electron chi connectivity index (χ0n) is 7.02. The molecule has 0 aromatic rings. The van der Waals surface area contributed by atoms with Crippen molar-refractivity contribution < 1.29 is 0 Å². The maximum Gasteiger partial charge on any atom is 0.0297 e. The Hall–Kier alpha value is -0.500. The molecule has 1 unspecified atom stereocenters. The lowest BCUT2D eigenvalue weighted by Crippen LogP contribution is -2.28. The van der Waals surface area contributed by atoms with Crippen LogP contribution in [0.2, 0.25) is 0 Å². The van der Waals surface area contributed by atoms with E-state index in [0.29, 0.717) is 6.04 Å². The average Bonchev–Trinajstić information content (AvgIpc) is 1.96. The molecule has 1 rings (SSSR count).